The van der Waals surface area contributed by atoms with Crippen LogP contribution in [0, 0.1) is 6.92 Å². The molecule has 3 rings (SSSR count). The summed E-state index contributed by atoms with van der Waals surface area (Å²) in [7, 11) is 0. The van der Waals surface area contributed by atoms with Gasteiger partial charge >= 0.3 is 0 Å². The number of rotatable bonds is 6. The summed E-state index contributed by atoms with van der Waals surface area (Å²) in [6.07, 6.45) is 2.42. The SMILES string of the molecule is Cc1ccc(N2C[C@@H](NC(=O)CCCc3ccc(Cl)cc3)CC2=O)cc1. The molecule has 0 aliphatic carbocycles. The number of nitrogens with one attached hydrogen (secondary N) is 1. The molecule has 5 heteroatoms. The maximum Gasteiger partial charge on any atom is 0.229 e. The summed E-state index contributed by atoms with van der Waals surface area (Å²) in [5, 5.41) is 3.71. The van der Waals surface area contributed by atoms with Crippen molar-refractivity contribution < 1.29 is 9.59 Å². The molecule has 0 radical (unpaired) electrons. The first-order chi connectivity index (χ1) is 12.5. The minimum atomic E-state index is -0.119. The molecule has 0 spiro atoms. The average Bonchev–Trinajstić information content (AvgIpc) is 2.97. The van der Waals surface area contributed by atoms with Crippen LogP contribution in [0.3, 0.4) is 0 Å². The topological polar surface area (TPSA) is 49.4 Å². The second kappa shape index (κ2) is 8.37. The second-order valence-electron chi connectivity index (χ2n) is 6.79. The number of carbonyl (C=O) groups is 2. The van der Waals surface area contributed by atoms with Crippen molar-refractivity contribution in [3.8, 4) is 0 Å². The maximum absolute atomic E-state index is 12.2. The molecule has 0 unspecified atom stereocenters. The molecule has 1 fully saturated rings. The number of carbonyl (C=O) groups excluding carboxylic acids is 2. The fourth-order valence-corrected chi connectivity index (χ4v) is 3.31. The molecule has 1 atom stereocenters. The van der Waals surface area contributed by atoms with E-state index in [4.69, 9.17) is 11.6 Å². The quantitative estimate of drug-likeness (QED) is 0.838. The minimum absolute atomic E-state index is 0.00233. The van der Waals surface area contributed by atoms with E-state index in [0.717, 1.165) is 29.1 Å². The Balaban J connectivity index is 1.45. The van der Waals surface area contributed by atoms with Crippen molar-refractivity contribution in [1.82, 2.24) is 5.32 Å². The molecule has 0 bridgehead atoms. The Labute approximate surface area is 159 Å². The van der Waals surface area contributed by atoms with Gasteiger partial charge in [-0.05, 0) is 49.6 Å². The van der Waals surface area contributed by atoms with Gasteiger partial charge in [0, 0.05) is 30.1 Å². The predicted octanol–water partition coefficient (Wildman–Crippen LogP) is 3.89. The predicted molar refractivity (Wildman–Crippen MR) is 104 cm³/mol. The Bertz CT molecular complexity index is 772. The number of hydrogen-bond donors (Lipinski definition) is 1. The Morgan fingerprint density at radius 1 is 1.15 bits per heavy atom. The van der Waals surface area contributed by atoms with E-state index in [0.29, 0.717) is 19.4 Å². The van der Waals surface area contributed by atoms with Gasteiger partial charge in [0.1, 0.15) is 0 Å². The maximum atomic E-state index is 12.2. The lowest BCUT2D eigenvalue weighted by Gasteiger charge is -2.17. The van der Waals surface area contributed by atoms with E-state index in [2.05, 4.69) is 5.32 Å². The van der Waals surface area contributed by atoms with Gasteiger partial charge in [-0.25, -0.2) is 0 Å². The average molecular weight is 371 g/mol. The fourth-order valence-electron chi connectivity index (χ4n) is 3.18. The molecular formula is C21H23ClN2O2. The highest BCUT2D eigenvalue weighted by molar-refractivity contribution is 6.30. The van der Waals surface area contributed by atoms with Crippen LogP contribution < -0.4 is 10.2 Å². The molecule has 1 aliphatic rings. The molecular weight excluding hydrogens is 348 g/mol. The lowest BCUT2D eigenvalue weighted by atomic mass is 10.1. The van der Waals surface area contributed by atoms with E-state index in [-0.39, 0.29) is 17.9 Å². The fraction of sp³-hybridized carbons (Fsp3) is 0.333. The third kappa shape index (κ3) is 4.85. The summed E-state index contributed by atoms with van der Waals surface area (Å²) < 4.78 is 0. The zero-order valence-corrected chi connectivity index (χ0v) is 15.6. The summed E-state index contributed by atoms with van der Waals surface area (Å²) in [4.78, 5) is 26.2. The number of halogens is 1. The summed E-state index contributed by atoms with van der Waals surface area (Å²) in [5.74, 6) is 0.0582. The number of amides is 2. The van der Waals surface area contributed by atoms with Gasteiger partial charge in [0.05, 0.1) is 6.04 Å². The van der Waals surface area contributed by atoms with E-state index >= 15 is 0 Å². The zero-order valence-electron chi connectivity index (χ0n) is 14.9. The molecule has 1 aliphatic heterocycles. The molecule has 2 amide bonds. The van der Waals surface area contributed by atoms with Gasteiger partial charge in [-0.3, -0.25) is 9.59 Å². The summed E-state index contributed by atoms with van der Waals surface area (Å²) in [6, 6.07) is 15.4. The Hall–Kier alpha value is -2.33. The first-order valence-corrected chi connectivity index (χ1v) is 9.30. The van der Waals surface area contributed by atoms with E-state index in [1.165, 1.54) is 5.56 Å². The molecule has 1 heterocycles. The first-order valence-electron chi connectivity index (χ1n) is 8.92. The van der Waals surface area contributed by atoms with Gasteiger partial charge in [0.25, 0.3) is 0 Å². The number of nitrogens with zero attached hydrogens (tertiary/aromatic N) is 1. The van der Waals surface area contributed by atoms with E-state index in [1.807, 2.05) is 55.5 Å². The number of aryl methyl sites for hydroxylation is 2. The van der Waals surface area contributed by atoms with Crippen LogP contribution in [0.2, 0.25) is 5.02 Å². The molecule has 2 aromatic carbocycles. The Morgan fingerprint density at radius 3 is 2.54 bits per heavy atom. The lowest BCUT2D eigenvalue weighted by Crippen LogP contribution is -2.37. The smallest absolute Gasteiger partial charge is 0.229 e. The highest BCUT2D eigenvalue weighted by atomic mass is 35.5. The summed E-state index contributed by atoms with van der Waals surface area (Å²) in [5.41, 5.74) is 3.22. The van der Waals surface area contributed by atoms with Crippen molar-refractivity contribution >= 4 is 29.1 Å². The highest BCUT2D eigenvalue weighted by Crippen LogP contribution is 2.22. The molecule has 0 aromatic heterocycles. The minimum Gasteiger partial charge on any atom is -0.351 e. The summed E-state index contributed by atoms with van der Waals surface area (Å²) in [6.45, 7) is 2.55. The Kier molecular flexibility index (Phi) is 5.94. The van der Waals surface area contributed by atoms with Gasteiger partial charge in [-0.15, -0.1) is 0 Å². The molecule has 4 nitrogen and oxygen atoms in total. The first kappa shape index (κ1) is 18.5. The van der Waals surface area contributed by atoms with Gasteiger partial charge in [0.15, 0.2) is 0 Å². The number of benzene rings is 2. The third-order valence-corrected chi connectivity index (χ3v) is 4.87. The normalized spacial score (nSPS) is 16.8. The van der Waals surface area contributed by atoms with Crippen LogP contribution in [0.1, 0.15) is 30.4 Å². The van der Waals surface area contributed by atoms with Crippen LogP contribution in [0.5, 0.6) is 0 Å². The standard InChI is InChI=1S/C21H23ClN2O2/c1-15-5-11-19(12-6-15)24-14-18(13-21(24)26)23-20(25)4-2-3-16-7-9-17(22)10-8-16/h5-12,18H,2-4,13-14H2,1H3,(H,23,25)/t18-/m0/s1. The van der Waals surface area contributed by atoms with E-state index < -0.39 is 0 Å². The monoisotopic (exact) mass is 370 g/mol. The largest absolute Gasteiger partial charge is 0.351 e. The van der Waals surface area contributed by atoms with Gasteiger partial charge < -0.3 is 10.2 Å². The van der Waals surface area contributed by atoms with Crippen molar-refractivity contribution in [1.29, 1.82) is 0 Å². The van der Waals surface area contributed by atoms with Crippen LogP contribution in [0.15, 0.2) is 48.5 Å². The molecule has 136 valence electrons. The molecule has 1 N–H and O–H groups in total. The van der Waals surface area contributed by atoms with E-state index in [9.17, 15) is 9.59 Å². The van der Waals surface area contributed by atoms with Gasteiger partial charge in [0.2, 0.25) is 11.8 Å². The Morgan fingerprint density at radius 2 is 1.85 bits per heavy atom. The van der Waals surface area contributed by atoms with Crippen molar-refractivity contribution in [2.45, 2.75) is 38.6 Å². The van der Waals surface area contributed by atoms with Crippen molar-refractivity contribution in [3.63, 3.8) is 0 Å². The van der Waals surface area contributed by atoms with Crippen LogP contribution in [0.4, 0.5) is 5.69 Å². The van der Waals surface area contributed by atoms with Crippen LogP contribution in [-0.4, -0.2) is 24.4 Å². The van der Waals surface area contributed by atoms with Crippen LogP contribution >= 0.6 is 11.6 Å². The molecule has 1 saturated heterocycles. The molecule has 2 aromatic rings. The second-order valence-corrected chi connectivity index (χ2v) is 7.22. The molecule has 26 heavy (non-hydrogen) atoms. The van der Waals surface area contributed by atoms with Crippen molar-refractivity contribution in [2.75, 3.05) is 11.4 Å². The zero-order chi connectivity index (χ0) is 18.5. The van der Waals surface area contributed by atoms with E-state index in [1.54, 1.807) is 4.90 Å². The summed E-state index contributed by atoms with van der Waals surface area (Å²) >= 11 is 5.87. The number of anilines is 1. The van der Waals surface area contributed by atoms with Crippen LogP contribution in [-0.2, 0) is 16.0 Å². The third-order valence-electron chi connectivity index (χ3n) is 4.62. The highest BCUT2D eigenvalue weighted by Gasteiger charge is 2.31. The van der Waals surface area contributed by atoms with Crippen LogP contribution in [0.25, 0.3) is 0 Å². The van der Waals surface area contributed by atoms with Crippen molar-refractivity contribution in [3.05, 3.63) is 64.7 Å². The van der Waals surface area contributed by atoms with Gasteiger partial charge in [-0.2, -0.15) is 0 Å². The number of hydrogen-bond acceptors (Lipinski definition) is 2. The lowest BCUT2D eigenvalue weighted by molar-refractivity contribution is -0.121. The van der Waals surface area contributed by atoms with Crippen molar-refractivity contribution in [2.24, 2.45) is 0 Å². The molecule has 0 saturated carbocycles. The van der Waals surface area contributed by atoms with Gasteiger partial charge in [-0.1, -0.05) is 41.4 Å².